The normalized spacial score (nSPS) is 13.6. The molecular weight excluding hydrogens is 291 g/mol. The topological polar surface area (TPSA) is 35.2 Å². The van der Waals surface area contributed by atoms with Crippen LogP contribution in [0.25, 0.3) is 0 Å². The van der Waals surface area contributed by atoms with Crippen LogP contribution in [-0.4, -0.2) is 11.8 Å². The molecule has 2 N–H and O–H groups in total. The largest absolute Gasteiger partial charge is 0.488 e. The molecule has 0 fully saturated rings. The average molecular weight is 312 g/mol. The van der Waals surface area contributed by atoms with E-state index in [0.29, 0.717) is 11.3 Å². The van der Waals surface area contributed by atoms with Crippen LogP contribution in [0.15, 0.2) is 24.3 Å². The molecule has 0 bridgehead atoms. The van der Waals surface area contributed by atoms with Crippen LogP contribution in [0, 0.1) is 0 Å². The number of halogens is 4. The number of benzene rings is 1. The Labute approximate surface area is 123 Å². The van der Waals surface area contributed by atoms with E-state index in [0.717, 1.165) is 0 Å². The van der Waals surface area contributed by atoms with Crippen molar-refractivity contribution in [3.63, 3.8) is 0 Å². The summed E-state index contributed by atoms with van der Waals surface area (Å²) in [5.74, 6) is 0.680. The molecule has 0 aliphatic heterocycles. The van der Waals surface area contributed by atoms with Gasteiger partial charge in [-0.25, -0.2) is 0 Å². The maximum absolute atomic E-state index is 12.1. The first-order valence-corrected chi connectivity index (χ1v) is 6.18. The molecule has 1 atom stereocenters. The van der Waals surface area contributed by atoms with Gasteiger partial charge in [0.2, 0.25) is 0 Å². The Morgan fingerprint density at radius 2 is 1.60 bits per heavy atom. The summed E-state index contributed by atoms with van der Waals surface area (Å²) in [6.45, 7) is 5.78. The predicted octanol–water partition coefficient (Wildman–Crippen LogP) is 4.63. The van der Waals surface area contributed by atoms with Gasteiger partial charge in [-0.2, -0.15) is 13.2 Å². The number of hydrogen-bond acceptors (Lipinski definition) is 2. The van der Waals surface area contributed by atoms with E-state index in [9.17, 15) is 13.2 Å². The molecule has 1 aromatic rings. The van der Waals surface area contributed by atoms with E-state index in [2.05, 4.69) is 0 Å². The summed E-state index contributed by atoms with van der Waals surface area (Å²) in [5, 5.41) is 0. The van der Waals surface area contributed by atoms with E-state index in [1.165, 1.54) is 0 Å². The molecule has 0 spiro atoms. The Balaban J connectivity index is 0.00000361. The molecule has 6 heteroatoms. The van der Waals surface area contributed by atoms with Crippen molar-refractivity contribution in [1.82, 2.24) is 0 Å². The van der Waals surface area contributed by atoms with Crippen molar-refractivity contribution >= 4 is 12.4 Å². The van der Waals surface area contributed by atoms with Gasteiger partial charge in [0, 0.05) is 12.5 Å². The lowest BCUT2D eigenvalue weighted by Crippen LogP contribution is -2.23. The van der Waals surface area contributed by atoms with Crippen LogP contribution in [0.1, 0.15) is 45.2 Å². The first-order chi connectivity index (χ1) is 8.57. The Morgan fingerprint density at radius 3 is 2.00 bits per heavy atom. The van der Waals surface area contributed by atoms with Crippen molar-refractivity contribution in [1.29, 1.82) is 0 Å². The zero-order valence-corrected chi connectivity index (χ0v) is 12.6. The number of alkyl halides is 3. The monoisotopic (exact) mass is 311 g/mol. The maximum atomic E-state index is 12.1. The summed E-state index contributed by atoms with van der Waals surface area (Å²) in [6, 6.07) is 6.28. The summed E-state index contributed by atoms with van der Waals surface area (Å²) >= 11 is 0. The molecule has 0 amide bonds. The van der Waals surface area contributed by atoms with E-state index in [-0.39, 0.29) is 24.4 Å². The molecule has 0 heterocycles. The molecule has 0 aliphatic rings. The van der Waals surface area contributed by atoms with Crippen LogP contribution in [-0.2, 0) is 0 Å². The number of ether oxygens (including phenoxy) is 1. The van der Waals surface area contributed by atoms with Gasteiger partial charge in [-0.05, 0) is 44.9 Å². The van der Waals surface area contributed by atoms with Crippen LogP contribution in [0.5, 0.6) is 5.75 Å². The van der Waals surface area contributed by atoms with E-state index in [1.54, 1.807) is 24.3 Å². The number of hydrogen-bond donors (Lipinski definition) is 1. The molecule has 0 saturated carbocycles. The molecule has 0 saturated heterocycles. The van der Waals surface area contributed by atoms with Crippen LogP contribution >= 0.6 is 12.4 Å². The van der Waals surface area contributed by atoms with Crippen molar-refractivity contribution in [2.24, 2.45) is 5.73 Å². The molecule has 2 nitrogen and oxygen atoms in total. The van der Waals surface area contributed by atoms with Gasteiger partial charge in [-0.15, -0.1) is 12.4 Å². The Hall–Kier alpha value is -0.940. The number of nitrogens with two attached hydrogens (primary N) is 1. The highest BCUT2D eigenvalue weighted by Crippen LogP contribution is 2.27. The SMILES string of the molecule is CC(C)(C)Oc1ccc([C@@H](N)CCC(F)(F)F)cc1.Cl. The minimum atomic E-state index is -4.16. The summed E-state index contributed by atoms with van der Waals surface area (Å²) in [4.78, 5) is 0. The quantitative estimate of drug-likeness (QED) is 0.880. The lowest BCUT2D eigenvalue weighted by atomic mass is 10.0. The minimum absolute atomic E-state index is 0. The summed E-state index contributed by atoms with van der Waals surface area (Å²) in [7, 11) is 0. The molecule has 20 heavy (non-hydrogen) atoms. The van der Waals surface area contributed by atoms with Gasteiger partial charge in [0.25, 0.3) is 0 Å². The fourth-order valence-electron chi connectivity index (χ4n) is 1.62. The van der Waals surface area contributed by atoms with E-state index < -0.39 is 18.6 Å². The standard InChI is InChI=1S/C14H20F3NO.ClH/c1-13(2,3)19-11-6-4-10(5-7-11)12(18)8-9-14(15,16)17;/h4-7,12H,8-9,18H2,1-3H3;1H/t12-;/m0./s1. The molecule has 0 unspecified atom stereocenters. The third kappa shape index (κ3) is 7.60. The summed E-state index contributed by atoms with van der Waals surface area (Å²) < 4.78 is 41.9. The van der Waals surface area contributed by atoms with Crippen LogP contribution in [0.2, 0.25) is 0 Å². The minimum Gasteiger partial charge on any atom is -0.488 e. The molecule has 0 radical (unpaired) electrons. The lowest BCUT2D eigenvalue weighted by Gasteiger charge is -2.21. The zero-order chi connectivity index (χ0) is 14.7. The van der Waals surface area contributed by atoms with Gasteiger partial charge in [-0.3, -0.25) is 0 Å². The highest BCUT2D eigenvalue weighted by atomic mass is 35.5. The van der Waals surface area contributed by atoms with Crippen LogP contribution in [0.4, 0.5) is 13.2 Å². The fraction of sp³-hybridized carbons (Fsp3) is 0.571. The first-order valence-electron chi connectivity index (χ1n) is 6.18. The Morgan fingerprint density at radius 1 is 1.10 bits per heavy atom. The van der Waals surface area contributed by atoms with Gasteiger partial charge in [0.15, 0.2) is 0 Å². The zero-order valence-electron chi connectivity index (χ0n) is 11.8. The second-order valence-corrected chi connectivity index (χ2v) is 5.54. The second-order valence-electron chi connectivity index (χ2n) is 5.54. The van der Waals surface area contributed by atoms with E-state index in [1.807, 2.05) is 20.8 Å². The highest BCUT2D eigenvalue weighted by Gasteiger charge is 2.27. The van der Waals surface area contributed by atoms with Crippen molar-refractivity contribution in [3.8, 4) is 5.75 Å². The van der Waals surface area contributed by atoms with Gasteiger partial charge >= 0.3 is 6.18 Å². The summed E-state index contributed by atoms with van der Waals surface area (Å²) in [5.41, 5.74) is 6.12. The lowest BCUT2D eigenvalue weighted by molar-refractivity contribution is -0.136. The van der Waals surface area contributed by atoms with Gasteiger partial charge < -0.3 is 10.5 Å². The van der Waals surface area contributed by atoms with E-state index >= 15 is 0 Å². The van der Waals surface area contributed by atoms with Crippen molar-refractivity contribution < 1.29 is 17.9 Å². The van der Waals surface area contributed by atoms with Crippen molar-refractivity contribution in [3.05, 3.63) is 29.8 Å². The molecule has 0 aliphatic carbocycles. The molecule has 1 aromatic carbocycles. The van der Waals surface area contributed by atoms with Crippen molar-refractivity contribution in [2.45, 2.75) is 51.4 Å². The maximum Gasteiger partial charge on any atom is 0.389 e. The molecule has 1 rings (SSSR count). The Kier molecular flexibility index (Phi) is 6.84. The predicted molar refractivity (Wildman–Crippen MR) is 76.3 cm³/mol. The Bertz CT molecular complexity index is 398. The van der Waals surface area contributed by atoms with Crippen LogP contribution in [0.3, 0.4) is 0 Å². The third-order valence-electron chi connectivity index (χ3n) is 2.47. The van der Waals surface area contributed by atoms with Crippen molar-refractivity contribution in [2.75, 3.05) is 0 Å². The van der Waals surface area contributed by atoms with Gasteiger partial charge in [-0.1, -0.05) is 12.1 Å². The average Bonchev–Trinajstić information content (AvgIpc) is 2.23. The molecular formula is C14H21ClF3NO. The van der Waals surface area contributed by atoms with Gasteiger partial charge in [0.1, 0.15) is 11.4 Å². The number of rotatable bonds is 4. The molecule has 116 valence electrons. The first kappa shape index (κ1) is 19.1. The third-order valence-corrected chi connectivity index (χ3v) is 2.47. The second kappa shape index (κ2) is 7.18. The highest BCUT2D eigenvalue weighted by molar-refractivity contribution is 5.85. The molecule has 0 aromatic heterocycles. The van der Waals surface area contributed by atoms with Crippen LogP contribution < -0.4 is 10.5 Å². The van der Waals surface area contributed by atoms with Gasteiger partial charge in [0.05, 0.1) is 0 Å². The fourth-order valence-corrected chi connectivity index (χ4v) is 1.62. The van der Waals surface area contributed by atoms with E-state index in [4.69, 9.17) is 10.5 Å². The summed E-state index contributed by atoms with van der Waals surface area (Å²) in [6.07, 6.45) is -5.13. The smallest absolute Gasteiger partial charge is 0.389 e.